The van der Waals surface area contributed by atoms with E-state index < -0.39 is 0 Å². The number of benzene rings is 1. The van der Waals surface area contributed by atoms with Gasteiger partial charge in [0.25, 0.3) is 0 Å². The summed E-state index contributed by atoms with van der Waals surface area (Å²) in [7, 11) is 2.15. The van der Waals surface area contributed by atoms with Crippen LogP contribution < -0.4 is 0 Å². The minimum Gasteiger partial charge on any atom is -0.302 e. The van der Waals surface area contributed by atoms with Gasteiger partial charge in [0.15, 0.2) is 0 Å². The summed E-state index contributed by atoms with van der Waals surface area (Å²) in [6.07, 6.45) is 5.15. The molecule has 3 heteroatoms. The van der Waals surface area contributed by atoms with Gasteiger partial charge in [0.05, 0.1) is 0 Å². The molecule has 2 heterocycles. The summed E-state index contributed by atoms with van der Waals surface area (Å²) < 4.78 is 0. The second kappa shape index (κ2) is 9.60. The van der Waals surface area contributed by atoms with Crippen LogP contribution >= 0.6 is 11.6 Å². The summed E-state index contributed by atoms with van der Waals surface area (Å²) >= 11 is 6.15. The Kier molecular flexibility index (Phi) is 8.15. The van der Waals surface area contributed by atoms with Gasteiger partial charge < -0.3 is 4.90 Å². The van der Waals surface area contributed by atoms with Crippen LogP contribution in [0.1, 0.15) is 39.7 Å². The van der Waals surface area contributed by atoms with E-state index in [4.69, 9.17) is 11.6 Å². The Balaban J connectivity index is 0.000000561. The predicted molar refractivity (Wildman–Crippen MR) is 99.5 cm³/mol. The molecule has 0 spiro atoms. The molecule has 0 atom stereocenters. The number of pyridine rings is 1. The smallest absolute Gasteiger partial charge is 0.136 e. The van der Waals surface area contributed by atoms with E-state index >= 15 is 0 Å². The standard InChI is InChI=1S/C15H15ClN2.2C2H6/c1-18-8-5-11(6-9-18)13-3-2-12-4-7-17-15(16)14(12)10-13;2*1-2/h2-5,7,10H,6,8-9H2,1H3;2*1-2H3. The van der Waals surface area contributed by atoms with Gasteiger partial charge in [-0.25, -0.2) is 4.98 Å². The van der Waals surface area contributed by atoms with Gasteiger partial charge in [0.2, 0.25) is 0 Å². The fourth-order valence-corrected chi connectivity index (χ4v) is 2.59. The summed E-state index contributed by atoms with van der Waals surface area (Å²) in [4.78, 5) is 6.46. The molecule has 0 fully saturated rings. The quantitative estimate of drug-likeness (QED) is 0.631. The Morgan fingerprint density at radius 3 is 2.45 bits per heavy atom. The normalized spacial score (nSPS) is 14.4. The molecule has 0 saturated carbocycles. The zero-order chi connectivity index (χ0) is 16.5. The van der Waals surface area contributed by atoms with Crippen LogP contribution in [0, 0.1) is 0 Å². The van der Waals surface area contributed by atoms with Gasteiger partial charge in [-0.05, 0) is 42.1 Å². The molecule has 0 saturated heterocycles. The minimum atomic E-state index is 0.586. The number of hydrogen-bond acceptors (Lipinski definition) is 2. The second-order valence-electron chi connectivity index (χ2n) is 4.78. The number of halogens is 1. The fourth-order valence-electron chi connectivity index (χ4n) is 2.37. The molecule has 0 N–H and O–H groups in total. The van der Waals surface area contributed by atoms with Crippen molar-refractivity contribution in [3.63, 3.8) is 0 Å². The number of nitrogens with zero attached hydrogens (tertiary/aromatic N) is 2. The van der Waals surface area contributed by atoms with Crippen molar-refractivity contribution in [1.29, 1.82) is 0 Å². The van der Waals surface area contributed by atoms with Crippen molar-refractivity contribution in [1.82, 2.24) is 9.88 Å². The van der Waals surface area contributed by atoms with Crippen molar-refractivity contribution in [2.24, 2.45) is 0 Å². The summed E-state index contributed by atoms with van der Waals surface area (Å²) in [6, 6.07) is 8.45. The zero-order valence-electron chi connectivity index (χ0n) is 14.4. The Labute approximate surface area is 139 Å². The minimum absolute atomic E-state index is 0.586. The number of aromatic nitrogens is 1. The Morgan fingerprint density at radius 1 is 1.09 bits per heavy atom. The van der Waals surface area contributed by atoms with E-state index in [0.29, 0.717) is 5.15 Å². The first-order chi connectivity index (χ1) is 10.7. The van der Waals surface area contributed by atoms with Crippen LogP contribution in [0.2, 0.25) is 5.15 Å². The van der Waals surface area contributed by atoms with Crippen molar-refractivity contribution in [3.8, 4) is 0 Å². The van der Waals surface area contributed by atoms with Crippen LogP contribution in [0.15, 0.2) is 36.5 Å². The number of rotatable bonds is 1. The predicted octanol–water partition coefficient (Wildman–Crippen LogP) is 5.66. The van der Waals surface area contributed by atoms with Gasteiger partial charge in [-0.1, -0.05) is 57.5 Å². The number of likely N-dealkylation sites (N-methyl/N-ethyl adjacent to an activating group) is 1. The van der Waals surface area contributed by atoms with Crippen molar-refractivity contribution in [3.05, 3.63) is 47.3 Å². The average molecular weight is 319 g/mol. The Bertz CT molecular complexity index is 620. The summed E-state index contributed by atoms with van der Waals surface area (Å²) in [5, 5.41) is 2.77. The topological polar surface area (TPSA) is 16.1 Å². The van der Waals surface area contributed by atoms with Crippen molar-refractivity contribution in [2.75, 3.05) is 20.1 Å². The highest BCUT2D eigenvalue weighted by Gasteiger charge is 2.10. The first-order valence-electron chi connectivity index (χ1n) is 8.16. The summed E-state index contributed by atoms with van der Waals surface area (Å²) in [5.74, 6) is 0. The maximum atomic E-state index is 6.15. The molecule has 22 heavy (non-hydrogen) atoms. The molecule has 1 aliphatic rings. The van der Waals surface area contributed by atoms with Crippen LogP contribution in [-0.2, 0) is 0 Å². The highest BCUT2D eigenvalue weighted by atomic mass is 35.5. The molecule has 3 rings (SSSR count). The lowest BCUT2D eigenvalue weighted by atomic mass is 9.97. The van der Waals surface area contributed by atoms with Gasteiger partial charge in [-0.15, -0.1) is 0 Å². The van der Waals surface area contributed by atoms with Gasteiger partial charge in [0.1, 0.15) is 5.15 Å². The zero-order valence-corrected chi connectivity index (χ0v) is 15.1. The monoisotopic (exact) mass is 318 g/mol. The third kappa shape index (κ3) is 4.56. The van der Waals surface area contributed by atoms with Crippen LogP contribution in [0.25, 0.3) is 16.3 Å². The third-order valence-electron chi connectivity index (χ3n) is 3.50. The van der Waals surface area contributed by atoms with E-state index in [1.54, 1.807) is 6.20 Å². The molecule has 2 aromatic rings. The molecular formula is C19H27ClN2. The molecule has 0 unspecified atom stereocenters. The molecule has 1 aromatic carbocycles. The molecule has 1 aromatic heterocycles. The van der Waals surface area contributed by atoms with Crippen LogP contribution in [0.4, 0.5) is 0 Å². The maximum Gasteiger partial charge on any atom is 0.136 e. The molecule has 120 valence electrons. The third-order valence-corrected chi connectivity index (χ3v) is 3.80. The number of hydrogen-bond donors (Lipinski definition) is 0. The lowest BCUT2D eigenvalue weighted by Gasteiger charge is -2.22. The first-order valence-corrected chi connectivity index (χ1v) is 8.54. The lowest BCUT2D eigenvalue weighted by molar-refractivity contribution is 0.370. The van der Waals surface area contributed by atoms with E-state index in [9.17, 15) is 0 Å². The van der Waals surface area contributed by atoms with Crippen LogP contribution in [0.5, 0.6) is 0 Å². The van der Waals surface area contributed by atoms with Crippen molar-refractivity contribution < 1.29 is 0 Å². The maximum absolute atomic E-state index is 6.15. The van der Waals surface area contributed by atoms with Crippen LogP contribution in [0.3, 0.4) is 0 Å². The Morgan fingerprint density at radius 2 is 1.82 bits per heavy atom. The molecule has 0 radical (unpaired) electrons. The average Bonchev–Trinajstić information content (AvgIpc) is 2.59. The number of fused-ring (bicyclic) bond motifs is 1. The van der Waals surface area contributed by atoms with E-state index in [2.05, 4.69) is 41.2 Å². The van der Waals surface area contributed by atoms with Crippen LogP contribution in [-0.4, -0.2) is 30.0 Å². The van der Waals surface area contributed by atoms with E-state index in [1.165, 1.54) is 11.1 Å². The van der Waals surface area contributed by atoms with Crippen molar-refractivity contribution in [2.45, 2.75) is 34.1 Å². The SMILES string of the molecule is CC.CC.CN1CC=C(c2ccc3ccnc(Cl)c3c2)CC1. The van der Waals surface area contributed by atoms with E-state index in [-0.39, 0.29) is 0 Å². The van der Waals surface area contributed by atoms with Gasteiger partial charge >= 0.3 is 0 Å². The van der Waals surface area contributed by atoms with Gasteiger partial charge in [-0.2, -0.15) is 0 Å². The lowest BCUT2D eigenvalue weighted by Crippen LogP contribution is -2.23. The first kappa shape index (κ1) is 18.7. The molecule has 1 aliphatic heterocycles. The Hall–Kier alpha value is -1.38. The molecular weight excluding hydrogens is 292 g/mol. The molecule has 2 nitrogen and oxygen atoms in total. The largest absolute Gasteiger partial charge is 0.302 e. The fraction of sp³-hybridized carbons (Fsp3) is 0.421. The molecule has 0 bridgehead atoms. The summed E-state index contributed by atoms with van der Waals surface area (Å²) in [5.41, 5.74) is 2.68. The molecule has 0 amide bonds. The van der Waals surface area contributed by atoms with E-state index in [0.717, 1.165) is 30.3 Å². The highest BCUT2D eigenvalue weighted by Crippen LogP contribution is 2.28. The van der Waals surface area contributed by atoms with Gasteiger partial charge in [-0.3, -0.25) is 0 Å². The highest BCUT2D eigenvalue weighted by molar-refractivity contribution is 6.34. The van der Waals surface area contributed by atoms with Crippen molar-refractivity contribution >= 4 is 27.9 Å². The van der Waals surface area contributed by atoms with E-state index in [1.807, 2.05) is 33.8 Å². The second-order valence-corrected chi connectivity index (χ2v) is 5.14. The summed E-state index contributed by atoms with van der Waals surface area (Å²) in [6.45, 7) is 10.1. The van der Waals surface area contributed by atoms with Gasteiger partial charge in [0, 0.05) is 24.7 Å². The molecule has 0 aliphatic carbocycles.